The topological polar surface area (TPSA) is 78.9 Å². The van der Waals surface area contributed by atoms with Crippen LogP contribution in [-0.2, 0) is 4.79 Å². The molecule has 0 aliphatic heterocycles. The van der Waals surface area contributed by atoms with Gasteiger partial charge in [0.15, 0.2) is 11.5 Å². The Balaban J connectivity index is 2.13. The summed E-state index contributed by atoms with van der Waals surface area (Å²) in [6, 6.07) is 6.87. The van der Waals surface area contributed by atoms with Crippen LogP contribution in [0.15, 0.2) is 36.5 Å². The number of amides is 1. The molecule has 0 bridgehead atoms. The van der Waals surface area contributed by atoms with Crippen LogP contribution in [0.5, 0.6) is 23.1 Å². The Labute approximate surface area is 146 Å². The Morgan fingerprint density at radius 1 is 1.00 bits per heavy atom. The molecule has 0 saturated carbocycles. The number of nitrogens with zero attached hydrogens (tertiary/aromatic N) is 1. The van der Waals surface area contributed by atoms with Gasteiger partial charge < -0.3 is 24.3 Å². The van der Waals surface area contributed by atoms with Gasteiger partial charge in [0.1, 0.15) is 0 Å². The highest BCUT2D eigenvalue weighted by Gasteiger charge is 2.12. The van der Waals surface area contributed by atoms with Crippen molar-refractivity contribution in [1.82, 2.24) is 4.98 Å². The lowest BCUT2D eigenvalue weighted by atomic mass is 10.1. The van der Waals surface area contributed by atoms with Crippen molar-refractivity contribution in [2.24, 2.45) is 0 Å². The van der Waals surface area contributed by atoms with E-state index in [9.17, 15) is 4.79 Å². The van der Waals surface area contributed by atoms with Gasteiger partial charge in [0, 0.05) is 12.1 Å². The van der Waals surface area contributed by atoms with Gasteiger partial charge >= 0.3 is 0 Å². The number of aromatic nitrogens is 1. The van der Waals surface area contributed by atoms with E-state index in [4.69, 9.17) is 18.9 Å². The summed E-state index contributed by atoms with van der Waals surface area (Å²) in [6.07, 6.45) is 4.58. The lowest BCUT2D eigenvalue weighted by molar-refractivity contribution is -0.111. The molecule has 0 radical (unpaired) electrons. The minimum absolute atomic E-state index is 0.291. The summed E-state index contributed by atoms with van der Waals surface area (Å²) in [5.74, 6) is 1.71. The van der Waals surface area contributed by atoms with Crippen LogP contribution in [0.4, 0.5) is 5.69 Å². The molecular weight excluding hydrogens is 324 g/mol. The van der Waals surface area contributed by atoms with E-state index in [0.29, 0.717) is 28.8 Å². The number of benzene rings is 1. The summed E-state index contributed by atoms with van der Waals surface area (Å²) in [4.78, 5) is 16.1. The Morgan fingerprint density at radius 2 is 1.68 bits per heavy atom. The number of ether oxygens (including phenoxy) is 4. The molecule has 1 amide bonds. The van der Waals surface area contributed by atoms with E-state index in [1.807, 2.05) is 0 Å². The number of carbonyl (C=O) groups is 1. The van der Waals surface area contributed by atoms with E-state index in [1.165, 1.54) is 40.7 Å². The van der Waals surface area contributed by atoms with Crippen molar-refractivity contribution in [2.75, 3.05) is 33.8 Å². The van der Waals surface area contributed by atoms with Crippen LogP contribution in [0, 0.1) is 0 Å². The van der Waals surface area contributed by atoms with Gasteiger partial charge in [-0.1, -0.05) is 0 Å². The van der Waals surface area contributed by atoms with Crippen LogP contribution in [-0.4, -0.2) is 39.3 Å². The molecule has 0 aliphatic rings. The standard InChI is InChI=1S/C18H20N2O5/c1-22-14-9-12(10-15(23-2)18(14)25-4)5-7-16(21)20-13-6-8-17(24-3)19-11-13/h5-11H,1-4H3,(H,20,21). The van der Waals surface area contributed by atoms with Crippen molar-refractivity contribution in [3.8, 4) is 23.1 Å². The molecule has 0 spiro atoms. The van der Waals surface area contributed by atoms with Crippen LogP contribution in [0.3, 0.4) is 0 Å². The number of anilines is 1. The summed E-state index contributed by atoms with van der Waals surface area (Å²) in [5.41, 5.74) is 1.30. The third-order valence-corrected chi connectivity index (χ3v) is 3.33. The lowest BCUT2D eigenvalue weighted by Gasteiger charge is -2.12. The molecule has 132 valence electrons. The first kappa shape index (κ1) is 18.1. The summed E-state index contributed by atoms with van der Waals surface area (Å²) < 4.78 is 20.8. The van der Waals surface area contributed by atoms with Crippen LogP contribution in [0.2, 0.25) is 0 Å². The maximum absolute atomic E-state index is 12.0. The van der Waals surface area contributed by atoms with Crippen LogP contribution in [0.25, 0.3) is 6.08 Å². The first-order valence-corrected chi connectivity index (χ1v) is 7.40. The second-order valence-corrected chi connectivity index (χ2v) is 4.87. The molecule has 1 heterocycles. The zero-order valence-electron chi connectivity index (χ0n) is 14.5. The third-order valence-electron chi connectivity index (χ3n) is 3.33. The number of methoxy groups -OCH3 is 4. The molecule has 0 atom stereocenters. The van der Waals surface area contributed by atoms with Crippen LogP contribution < -0.4 is 24.3 Å². The number of hydrogen-bond donors (Lipinski definition) is 1. The molecule has 1 N–H and O–H groups in total. The zero-order chi connectivity index (χ0) is 18.2. The second-order valence-electron chi connectivity index (χ2n) is 4.87. The van der Waals surface area contributed by atoms with Crippen molar-refractivity contribution < 1.29 is 23.7 Å². The molecule has 0 fully saturated rings. The van der Waals surface area contributed by atoms with E-state index < -0.39 is 0 Å². The van der Waals surface area contributed by atoms with Crippen molar-refractivity contribution in [3.63, 3.8) is 0 Å². The van der Waals surface area contributed by atoms with E-state index in [1.54, 1.807) is 30.3 Å². The van der Waals surface area contributed by atoms with E-state index in [-0.39, 0.29) is 5.91 Å². The Kier molecular flexibility index (Phi) is 6.22. The molecule has 7 heteroatoms. The van der Waals surface area contributed by atoms with Gasteiger partial charge in [0.2, 0.25) is 17.5 Å². The maximum Gasteiger partial charge on any atom is 0.248 e. The van der Waals surface area contributed by atoms with Gasteiger partial charge in [-0.25, -0.2) is 4.98 Å². The molecule has 7 nitrogen and oxygen atoms in total. The molecule has 25 heavy (non-hydrogen) atoms. The zero-order valence-corrected chi connectivity index (χ0v) is 14.5. The molecular formula is C18H20N2O5. The third kappa shape index (κ3) is 4.63. The largest absolute Gasteiger partial charge is 0.493 e. The minimum atomic E-state index is -0.291. The molecule has 0 aliphatic carbocycles. The summed E-state index contributed by atoms with van der Waals surface area (Å²) in [5, 5.41) is 2.71. The van der Waals surface area contributed by atoms with Gasteiger partial charge in [-0.15, -0.1) is 0 Å². The highest BCUT2D eigenvalue weighted by molar-refractivity contribution is 6.01. The molecule has 1 aromatic carbocycles. The smallest absolute Gasteiger partial charge is 0.248 e. The average Bonchev–Trinajstić information content (AvgIpc) is 2.65. The quantitative estimate of drug-likeness (QED) is 0.778. The minimum Gasteiger partial charge on any atom is -0.493 e. The van der Waals surface area contributed by atoms with E-state index >= 15 is 0 Å². The van der Waals surface area contributed by atoms with E-state index in [0.717, 1.165) is 5.56 Å². The summed E-state index contributed by atoms with van der Waals surface area (Å²) in [6.45, 7) is 0. The molecule has 0 unspecified atom stereocenters. The van der Waals surface area contributed by atoms with Crippen LogP contribution in [0.1, 0.15) is 5.56 Å². The summed E-state index contributed by atoms with van der Waals surface area (Å²) >= 11 is 0. The second kappa shape index (κ2) is 8.58. The number of rotatable bonds is 7. The van der Waals surface area contributed by atoms with Gasteiger partial charge in [0.25, 0.3) is 0 Å². The maximum atomic E-state index is 12.0. The first-order chi connectivity index (χ1) is 12.1. The van der Waals surface area contributed by atoms with Crippen molar-refractivity contribution in [1.29, 1.82) is 0 Å². The van der Waals surface area contributed by atoms with Gasteiger partial charge in [-0.05, 0) is 29.8 Å². The predicted octanol–water partition coefficient (Wildman–Crippen LogP) is 2.77. The number of hydrogen-bond acceptors (Lipinski definition) is 6. The molecule has 1 aromatic heterocycles. The highest BCUT2D eigenvalue weighted by atomic mass is 16.5. The Hall–Kier alpha value is -3.22. The summed E-state index contributed by atoms with van der Waals surface area (Å²) in [7, 11) is 6.13. The highest BCUT2D eigenvalue weighted by Crippen LogP contribution is 2.38. The first-order valence-electron chi connectivity index (χ1n) is 7.40. The lowest BCUT2D eigenvalue weighted by Crippen LogP contribution is -2.08. The van der Waals surface area contributed by atoms with Gasteiger partial charge in [-0.2, -0.15) is 0 Å². The van der Waals surface area contributed by atoms with Crippen molar-refractivity contribution >= 4 is 17.7 Å². The normalized spacial score (nSPS) is 10.4. The number of carbonyl (C=O) groups excluding carboxylic acids is 1. The van der Waals surface area contributed by atoms with Gasteiger partial charge in [-0.3, -0.25) is 4.79 Å². The fourth-order valence-corrected chi connectivity index (χ4v) is 2.13. The fraction of sp³-hybridized carbons (Fsp3) is 0.222. The van der Waals surface area contributed by atoms with E-state index in [2.05, 4.69) is 10.3 Å². The van der Waals surface area contributed by atoms with Crippen LogP contribution >= 0.6 is 0 Å². The van der Waals surface area contributed by atoms with Crippen molar-refractivity contribution in [3.05, 3.63) is 42.1 Å². The Bertz CT molecular complexity index is 732. The number of nitrogens with one attached hydrogen (secondary N) is 1. The fourth-order valence-electron chi connectivity index (χ4n) is 2.13. The Morgan fingerprint density at radius 3 is 2.16 bits per heavy atom. The SMILES string of the molecule is COc1ccc(NC(=O)C=Cc2cc(OC)c(OC)c(OC)c2)cn1. The number of pyridine rings is 1. The predicted molar refractivity (Wildman–Crippen MR) is 94.6 cm³/mol. The van der Waals surface area contributed by atoms with Crippen molar-refractivity contribution in [2.45, 2.75) is 0 Å². The molecule has 2 rings (SSSR count). The van der Waals surface area contributed by atoms with Gasteiger partial charge in [0.05, 0.1) is 40.3 Å². The monoisotopic (exact) mass is 344 g/mol. The average molecular weight is 344 g/mol. The molecule has 2 aromatic rings. The molecule has 0 saturated heterocycles.